The number of nitrogens with one attached hydrogen (secondary N) is 1. The standard InChI is InChI=1S/C21H16FN5/c1-14-9-16(22)10-19-20(14)24-12-15(11-23)21(19)25-13-17-7-8-27(26-17)18-5-3-2-4-6-18/h2-10,12H,13H2,1H3,(H,24,25). The Labute approximate surface area is 155 Å². The highest BCUT2D eigenvalue weighted by Gasteiger charge is 2.12. The molecule has 0 bridgehead atoms. The van der Waals surface area contributed by atoms with Crippen LogP contribution in [-0.4, -0.2) is 14.8 Å². The fraction of sp³-hybridized carbons (Fsp3) is 0.0952. The van der Waals surface area contributed by atoms with Crippen molar-refractivity contribution in [1.82, 2.24) is 14.8 Å². The summed E-state index contributed by atoms with van der Waals surface area (Å²) in [5.41, 5.74) is 4.11. The van der Waals surface area contributed by atoms with Gasteiger partial charge in [-0.25, -0.2) is 9.07 Å². The van der Waals surface area contributed by atoms with Crippen LogP contribution in [0.3, 0.4) is 0 Å². The molecule has 132 valence electrons. The number of halogens is 1. The fourth-order valence-electron chi connectivity index (χ4n) is 3.07. The lowest BCUT2D eigenvalue weighted by Gasteiger charge is -2.12. The molecular formula is C21H16FN5. The van der Waals surface area contributed by atoms with Crippen molar-refractivity contribution in [2.75, 3.05) is 5.32 Å². The van der Waals surface area contributed by atoms with Gasteiger partial charge in [-0.3, -0.25) is 4.98 Å². The smallest absolute Gasteiger partial charge is 0.124 e. The summed E-state index contributed by atoms with van der Waals surface area (Å²) >= 11 is 0. The van der Waals surface area contributed by atoms with Crippen LogP contribution in [0.15, 0.2) is 60.9 Å². The molecule has 0 amide bonds. The van der Waals surface area contributed by atoms with Gasteiger partial charge in [-0.05, 0) is 42.8 Å². The van der Waals surface area contributed by atoms with Crippen LogP contribution in [0.4, 0.5) is 10.1 Å². The Bertz CT molecular complexity index is 1160. The van der Waals surface area contributed by atoms with Crippen LogP contribution in [0.1, 0.15) is 16.8 Å². The number of nitriles is 1. The van der Waals surface area contributed by atoms with Crippen LogP contribution < -0.4 is 5.32 Å². The molecule has 0 fully saturated rings. The Balaban J connectivity index is 1.66. The summed E-state index contributed by atoms with van der Waals surface area (Å²) in [6.07, 6.45) is 3.39. The van der Waals surface area contributed by atoms with Gasteiger partial charge < -0.3 is 5.32 Å². The summed E-state index contributed by atoms with van der Waals surface area (Å²) in [6.45, 7) is 2.21. The number of benzene rings is 2. The third kappa shape index (κ3) is 3.23. The second kappa shape index (κ2) is 6.89. The molecule has 0 spiro atoms. The summed E-state index contributed by atoms with van der Waals surface area (Å²) in [5, 5.41) is 17.8. The zero-order valence-electron chi connectivity index (χ0n) is 14.6. The van der Waals surface area contributed by atoms with Crippen molar-refractivity contribution >= 4 is 16.6 Å². The van der Waals surface area contributed by atoms with Crippen molar-refractivity contribution in [3.05, 3.63) is 83.6 Å². The third-order valence-electron chi connectivity index (χ3n) is 4.36. The van der Waals surface area contributed by atoms with E-state index < -0.39 is 0 Å². The van der Waals surface area contributed by atoms with E-state index in [4.69, 9.17) is 0 Å². The largest absolute Gasteiger partial charge is 0.378 e. The monoisotopic (exact) mass is 357 g/mol. The summed E-state index contributed by atoms with van der Waals surface area (Å²) in [6, 6.07) is 16.7. The SMILES string of the molecule is Cc1cc(F)cc2c(NCc3ccn(-c4ccccc4)n3)c(C#N)cnc12. The van der Waals surface area contributed by atoms with Gasteiger partial charge in [0.2, 0.25) is 0 Å². The van der Waals surface area contributed by atoms with Crippen molar-refractivity contribution in [2.24, 2.45) is 0 Å². The number of rotatable bonds is 4. The summed E-state index contributed by atoms with van der Waals surface area (Å²) < 4.78 is 15.7. The minimum Gasteiger partial charge on any atom is -0.378 e. The first-order valence-corrected chi connectivity index (χ1v) is 8.48. The third-order valence-corrected chi connectivity index (χ3v) is 4.36. The molecule has 0 aliphatic heterocycles. The first kappa shape index (κ1) is 16.7. The van der Waals surface area contributed by atoms with E-state index in [1.165, 1.54) is 18.3 Å². The van der Waals surface area contributed by atoms with Crippen LogP contribution in [0.2, 0.25) is 0 Å². The van der Waals surface area contributed by atoms with E-state index in [9.17, 15) is 9.65 Å². The zero-order valence-corrected chi connectivity index (χ0v) is 14.6. The molecule has 1 N–H and O–H groups in total. The highest BCUT2D eigenvalue weighted by Crippen LogP contribution is 2.29. The molecule has 4 aromatic rings. The number of aryl methyl sites for hydroxylation is 1. The van der Waals surface area contributed by atoms with E-state index in [-0.39, 0.29) is 5.82 Å². The molecule has 0 aliphatic rings. The minimum atomic E-state index is -0.353. The molecule has 0 saturated carbocycles. The highest BCUT2D eigenvalue weighted by atomic mass is 19.1. The Morgan fingerprint density at radius 3 is 2.78 bits per heavy atom. The van der Waals surface area contributed by atoms with Gasteiger partial charge in [0, 0.05) is 17.8 Å². The molecule has 0 unspecified atom stereocenters. The van der Waals surface area contributed by atoms with Gasteiger partial charge in [-0.2, -0.15) is 10.4 Å². The number of aromatic nitrogens is 3. The number of pyridine rings is 1. The lowest BCUT2D eigenvalue weighted by atomic mass is 10.1. The second-order valence-electron chi connectivity index (χ2n) is 6.22. The number of fused-ring (bicyclic) bond motifs is 1. The van der Waals surface area contributed by atoms with Crippen LogP contribution >= 0.6 is 0 Å². The zero-order chi connectivity index (χ0) is 18.8. The van der Waals surface area contributed by atoms with Gasteiger partial charge in [0.1, 0.15) is 11.9 Å². The molecule has 27 heavy (non-hydrogen) atoms. The molecule has 0 aliphatic carbocycles. The maximum absolute atomic E-state index is 13.9. The fourth-order valence-corrected chi connectivity index (χ4v) is 3.07. The average Bonchev–Trinajstić information content (AvgIpc) is 3.15. The number of para-hydroxylation sites is 1. The van der Waals surface area contributed by atoms with Gasteiger partial charge >= 0.3 is 0 Å². The van der Waals surface area contributed by atoms with Crippen LogP contribution in [0.5, 0.6) is 0 Å². The minimum absolute atomic E-state index is 0.353. The Morgan fingerprint density at radius 1 is 1.19 bits per heavy atom. The van der Waals surface area contributed by atoms with Crippen molar-refractivity contribution in [1.29, 1.82) is 5.26 Å². The molecule has 2 heterocycles. The van der Waals surface area contributed by atoms with Gasteiger partial charge in [-0.1, -0.05) is 18.2 Å². The summed E-state index contributed by atoms with van der Waals surface area (Å²) in [7, 11) is 0. The topological polar surface area (TPSA) is 66.5 Å². The number of anilines is 1. The van der Waals surface area contributed by atoms with E-state index >= 15 is 0 Å². The first-order valence-electron chi connectivity index (χ1n) is 8.48. The van der Waals surface area contributed by atoms with Crippen molar-refractivity contribution < 1.29 is 4.39 Å². The Morgan fingerprint density at radius 2 is 2.00 bits per heavy atom. The molecule has 0 radical (unpaired) electrons. The average molecular weight is 357 g/mol. The normalized spacial score (nSPS) is 10.7. The van der Waals surface area contributed by atoms with Crippen molar-refractivity contribution in [2.45, 2.75) is 13.5 Å². The Hall–Kier alpha value is -3.72. The van der Waals surface area contributed by atoms with Crippen molar-refractivity contribution in [3.8, 4) is 11.8 Å². The predicted molar refractivity (Wildman–Crippen MR) is 102 cm³/mol. The van der Waals surface area contributed by atoms with E-state index in [0.717, 1.165) is 16.9 Å². The maximum Gasteiger partial charge on any atom is 0.124 e. The predicted octanol–water partition coefficient (Wildman–Crippen LogP) is 4.35. The molecule has 0 saturated heterocycles. The van der Waals surface area contributed by atoms with Gasteiger partial charge in [0.25, 0.3) is 0 Å². The van der Waals surface area contributed by atoms with E-state index in [2.05, 4.69) is 21.5 Å². The lowest BCUT2D eigenvalue weighted by Crippen LogP contribution is -2.05. The lowest BCUT2D eigenvalue weighted by molar-refractivity contribution is 0.628. The quantitative estimate of drug-likeness (QED) is 0.590. The summed E-state index contributed by atoms with van der Waals surface area (Å²) in [5.74, 6) is -0.353. The van der Waals surface area contributed by atoms with Gasteiger partial charge in [-0.15, -0.1) is 0 Å². The first-order chi connectivity index (χ1) is 13.2. The summed E-state index contributed by atoms with van der Waals surface area (Å²) in [4.78, 5) is 4.30. The maximum atomic E-state index is 13.9. The molecule has 4 rings (SSSR count). The molecule has 5 nitrogen and oxygen atoms in total. The Kier molecular flexibility index (Phi) is 4.27. The highest BCUT2D eigenvalue weighted by molar-refractivity contribution is 5.95. The molecule has 6 heteroatoms. The van der Waals surface area contributed by atoms with E-state index in [1.807, 2.05) is 42.6 Å². The van der Waals surface area contributed by atoms with Gasteiger partial charge in [0.15, 0.2) is 0 Å². The second-order valence-corrected chi connectivity index (χ2v) is 6.22. The van der Waals surface area contributed by atoms with Crippen LogP contribution in [0.25, 0.3) is 16.6 Å². The number of nitrogens with zero attached hydrogens (tertiary/aromatic N) is 4. The van der Waals surface area contributed by atoms with Gasteiger partial charge in [0.05, 0.1) is 34.7 Å². The van der Waals surface area contributed by atoms with Crippen LogP contribution in [0, 0.1) is 24.1 Å². The molecule has 2 aromatic carbocycles. The van der Waals surface area contributed by atoms with E-state index in [0.29, 0.717) is 28.7 Å². The van der Waals surface area contributed by atoms with Crippen molar-refractivity contribution in [3.63, 3.8) is 0 Å². The van der Waals surface area contributed by atoms with E-state index in [1.54, 1.807) is 11.6 Å². The number of hydrogen-bond donors (Lipinski definition) is 1. The molecule has 0 atom stereocenters. The number of hydrogen-bond acceptors (Lipinski definition) is 4. The molecular weight excluding hydrogens is 341 g/mol. The molecule has 2 aromatic heterocycles. The van der Waals surface area contributed by atoms with Crippen LogP contribution in [-0.2, 0) is 6.54 Å².